The van der Waals surface area contributed by atoms with Crippen LogP contribution in [0, 0.1) is 5.82 Å². The molecule has 1 aromatic heterocycles. The van der Waals surface area contributed by atoms with Crippen LogP contribution in [0.5, 0.6) is 0 Å². The molecule has 1 aliphatic rings. The molecule has 2 aromatic carbocycles. The minimum absolute atomic E-state index is 0.0261. The number of halogens is 1. The fourth-order valence-electron chi connectivity index (χ4n) is 4.47. The molecule has 0 fully saturated rings. The number of rotatable bonds is 7. The van der Waals surface area contributed by atoms with Crippen LogP contribution in [0.1, 0.15) is 53.6 Å². The van der Waals surface area contributed by atoms with Crippen LogP contribution in [-0.2, 0) is 35.8 Å². The number of fused-ring (bicyclic) bond motifs is 1. The van der Waals surface area contributed by atoms with Gasteiger partial charge < -0.3 is 0 Å². The van der Waals surface area contributed by atoms with Crippen molar-refractivity contribution < 1.29 is 12.8 Å². The van der Waals surface area contributed by atoms with Gasteiger partial charge in [-0.2, -0.15) is 5.10 Å². The Balaban J connectivity index is 1.71. The smallest absolute Gasteiger partial charge is 0.267 e. The van der Waals surface area contributed by atoms with E-state index in [2.05, 4.69) is 21.8 Å². The van der Waals surface area contributed by atoms with Crippen molar-refractivity contribution in [3.63, 3.8) is 0 Å². The Hall–Kier alpha value is -2.84. The minimum atomic E-state index is -3.37. The summed E-state index contributed by atoms with van der Waals surface area (Å²) < 4.78 is 40.3. The van der Waals surface area contributed by atoms with Gasteiger partial charge in [0, 0.05) is 17.7 Å². The van der Waals surface area contributed by atoms with E-state index in [0.29, 0.717) is 17.5 Å². The van der Waals surface area contributed by atoms with Crippen molar-refractivity contribution in [3.8, 4) is 11.1 Å². The lowest BCUT2D eigenvalue weighted by molar-refractivity contribution is 0.587. The summed E-state index contributed by atoms with van der Waals surface area (Å²) in [6.07, 6.45) is 5.42. The Morgan fingerprint density at radius 3 is 2.58 bits per heavy atom. The lowest BCUT2D eigenvalue weighted by Crippen LogP contribution is -2.23. The number of nitrogens with one attached hydrogen (secondary N) is 2. The molecular formula is C25H28FN3O3S. The molecule has 0 spiro atoms. The minimum Gasteiger partial charge on any atom is -0.268 e. The maximum absolute atomic E-state index is 14.5. The highest BCUT2D eigenvalue weighted by Crippen LogP contribution is 2.31. The molecule has 4 rings (SSSR count). The van der Waals surface area contributed by atoms with Crippen molar-refractivity contribution in [2.45, 2.75) is 51.5 Å². The number of benzene rings is 2. The molecule has 1 unspecified atom stereocenters. The maximum atomic E-state index is 14.5. The summed E-state index contributed by atoms with van der Waals surface area (Å²) in [5, 5.41) is 7.00. The second-order valence-corrected chi connectivity index (χ2v) is 10.6. The van der Waals surface area contributed by atoms with Gasteiger partial charge in [-0.15, -0.1) is 0 Å². The van der Waals surface area contributed by atoms with Gasteiger partial charge in [-0.3, -0.25) is 4.79 Å². The molecule has 1 atom stereocenters. The summed E-state index contributed by atoms with van der Waals surface area (Å²) in [4.78, 5) is 12.2. The third-order valence-corrected chi connectivity index (χ3v) is 6.86. The summed E-state index contributed by atoms with van der Waals surface area (Å²) in [6.45, 7) is 2.18. The molecule has 0 radical (unpaired) electrons. The van der Waals surface area contributed by atoms with E-state index in [1.54, 1.807) is 18.2 Å². The first kappa shape index (κ1) is 23.3. The van der Waals surface area contributed by atoms with E-state index in [1.807, 2.05) is 18.2 Å². The molecule has 0 amide bonds. The van der Waals surface area contributed by atoms with Gasteiger partial charge in [-0.25, -0.2) is 22.6 Å². The average Bonchev–Trinajstić information content (AvgIpc) is 2.79. The van der Waals surface area contributed by atoms with E-state index in [9.17, 15) is 17.6 Å². The van der Waals surface area contributed by atoms with Gasteiger partial charge >= 0.3 is 0 Å². The summed E-state index contributed by atoms with van der Waals surface area (Å²) in [6, 6.07) is 12.3. The molecule has 2 N–H and O–H groups in total. The summed E-state index contributed by atoms with van der Waals surface area (Å²) in [7, 11) is -3.37. The van der Waals surface area contributed by atoms with Gasteiger partial charge in [-0.1, -0.05) is 37.3 Å². The zero-order valence-electron chi connectivity index (χ0n) is 18.8. The zero-order chi connectivity index (χ0) is 23.6. The lowest BCUT2D eigenvalue weighted by Gasteiger charge is -2.20. The van der Waals surface area contributed by atoms with Crippen LogP contribution in [0.2, 0.25) is 0 Å². The number of hydrogen-bond acceptors (Lipinski definition) is 4. The molecule has 0 saturated heterocycles. The van der Waals surface area contributed by atoms with E-state index in [-0.39, 0.29) is 23.8 Å². The second kappa shape index (κ2) is 9.57. The molecule has 8 heteroatoms. The number of hydrogen-bond donors (Lipinski definition) is 2. The van der Waals surface area contributed by atoms with Crippen molar-refractivity contribution in [1.82, 2.24) is 14.9 Å². The predicted octanol–water partition coefficient (Wildman–Crippen LogP) is 3.85. The molecule has 1 heterocycles. The first-order valence-electron chi connectivity index (χ1n) is 11.1. The molecule has 0 saturated carbocycles. The first-order chi connectivity index (χ1) is 15.7. The topological polar surface area (TPSA) is 91.9 Å². The van der Waals surface area contributed by atoms with Crippen LogP contribution in [0.15, 0.2) is 47.3 Å². The average molecular weight is 470 g/mol. The molecule has 0 bridgehead atoms. The molecular weight excluding hydrogens is 441 g/mol. The van der Waals surface area contributed by atoms with Crippen molar-refractivity contribution in [1.29, 1.82) is 0 Å². The van der Waals surface area contributed by atoms with Gasteiger partial charge in [0.25, 0.3) is 5.56 Å². The number of nitrogens with zero attached hydrogens (tertiary/aromatic N) is 1. The zero-order valence-corrected chi connectivity index (χ0v) is 19.6. The van der Waals surface area contributed by atoms with E-state index in [4.69, 9.17) is 0 Å². The van der Waals surface area contributed by atoms with Gasteiger partial charge in [0.1, 0.15) is 5.82 Å². The van der Waals surface area contributed by atoms with Gasteiger partial charge in [0.05, 0.1) is 11.9 Å². The highest BCUT2D eigenvalue weighted by Gasteiger charge is 2.20. The predicted molar refractivity (Wildman–Crippen MR) is 127 cm³/mol. The monoisotopic (exact) mass is 469 g/mol. The molecule has 3 aromatic rings. The molecule has 174 valence electrons. The number of aromatic nitrogens is 2. The lowest BCUT2D eigenvalue weighted by atomic mass is 9.86. The Bertz CT molecular complexity index is 1330. The van der Waals surface area contributed by atoms with Crippen LogP contribution < -0.4 is 10.3 Å². The Kier molecular flexibility index (Phi) is 6.76. The fourth-order valence-corrected chi connectivity index (χ4v) is 4.90. The van der Waals surface area contributed by atoms with Gasteiger partial charge in [-0.05, 0) is 72.4 Å². The highest BCUT2D eigenvalue weighted by atomic mass is 32.2. The number of sulfonamides is 1. The first-order valence-corrected chi connectivity index (χ1v) is 13.0. The van der Waals surface area contributed by atoms with Crippen molar-refractivity contribution >= 4 is 10.0 Å². The van der Waals surface area contributed by atoms with Crippen LogP contribution in [0.25, 0.3) is 11.1 Å². The largest absolute Gasteiger partial charge is 0.268 e. The van der Waals surface area contributed by atoms with E-state index < -0.39 is 10.0 Å². The van der Waals surface area contributed by atoms with Crippen LogP contribution in [-0.4, -0.2) is 24.9 Å². The van der Waals surface area contributed by atoms with E-state index >= 15 is 0 Å². The SMILES string of the molecule is CC(Cc1n[nH]c(=O)c2c1CCCC2)c1cc(CNS(C)(=O)=O)cc(-c2ccccc2F)c1. The maximum Gasteiger partial charge on any atom is 0.267 e. The molecule has 33 heavy (non-hydrogen) atoms. The Morgan fingerprint density at radius 2 is 1.85 bits per heavy atom. The van der Waals surface area contributed by atoms with Gasteiger partial charge in [0.15, 0.2) is 0 Å². The number of H-pyrrole nitrogens is 1. The van der Waals surface area contributed by atoms with Gasteiger partial charge in [0.2, 0.25) is 10.0 Å². The Labute approximate surface area is 193 Å². The molecule has 0 aliphatic heterocycles. The molecule has 6 nitrogen and oxygen atoms in total. The summed E-state index contributed by atoms with van der Waals surface area (Å²) >= 11 is 0. The van der Waals surface area contributed by atoms with Crippen molar-refractivity contribution in [2.24, 2.45) is 0 Å². The normalized spacial score (nSPS) is 14.6. The second-order valence-electron chi connectivity index (χ2n) is 8.81. The van der Waals surface area contributed by atoms with Crippen molar-refractivity contribution in [3.05, 3.63) is 86.6 Å². The van der Waals surface area contributed by atoms with Crippen LogP contribution in [0.4, 0.5) is 4.39 Å². The van der Waals surface area contributed by atoms with Crippen LogP contribution >= 0.6 is 0 Å². The van der Waals surface area contributed by atoms with Crippen LogP contribution in [0.3, 0.4) is 0 Å². The fraction of sp³-hybridized carbons (Fsp3) is 0.360. The van der Waals surface area contributed by atoms with E-state index in [0.717, 1.165) is 59.9 Å². The standard InChI is InChI=1S/C25H28FN3O3S/c1-16(11-24-21-8-3-4-9-22(21)25(30)29-28-24)18-12-17(15-27-33(2,31)32)13-19(14-18)20-7-5-6-10-23(20)26/h5-7,10,12-14,16,27H,3-4,8-9,11,15H2,1-2H3,(H,29,30). The van der Waals surface area contributed by atoms with Crippen molar-refractivity contribution in [2.75, 3.05) is 6.26 Å². The summed E-state index contributed by atoms with van der Waals surface area (Å²) in [5.74, 6) is -0.307. The van der Waals surface area contributed by atoms with E-state index in [1.165, 1.54) is 6.07 Å². The number of aromatic amines is 1. The third kappa shape index (κ3) is 5.57. The quantitative estimate of drug-likeness (QED) is 0.550. The molecule has 1 aliphatic carbocycles. The highest BCUT2D eigenvalue weighted by molar-refractivity contribution is 7.88. The summed E-state index contributed by atoms with van der Waals surface area (Å²) in [5.41, 5.74) is 5.56. The third-order valence-electron chi connectivity index (χ3n) is 6.19. The Morgan fingerprint density at radius 1 is 1.12 bits per heavy atom.